The SMILES string of the molecule is C=C/C=C/Cc1ccc(N(C)C)cc1.Cl. The van der Waals surface area contributed by atoms with Gasteiger partial charge in [-0.2, -0.15) is 0 Å². The quantitative estimate of drug-likeness (QED) is 0.707. The molecule has 0 bridgehead atoms. The Morgan fingerprint density at radius 2 is 1.80 bits per heavy atom. The second-order valence-corrected chi connectivity index (χ2v) is 3.43. The van der Waals surface area contributed by atoms with Crippen molar-refractivity contribution in [2.24, 2.45) is 0 Å². The van der Waals surface area contributed by atoms with E-state index >= 15 is 0 Å². The summed E-state index contributed by atoms with van der Waals surface area (Å²) in [6.07, 6.45) is 6.85. The van der Waals surface area contributed by atoms with Crippen LogP contribution in [0.15, 0.2) is 49.1 Å². The van der Waals surface area contributed by atoms with Gasteiger partial charge in [0.05, 0.1) is 0 Å². The van der Waals surface area contributed by atoms with Crippen LogP contribution >= 0.6 is 12.4 Å². The molecule has 2 heteroatoms. The largest absolute Gasteiger partial charge is 0.378 e. The van der Waals surface area contributed by atoms with Gasteiger partial charge in [-0.15, -0.1) is 12.4 Å². The van der Waals surface area contributed by atoms with Crippen LogP contribution < -0.4 is 4.90 Å². The summed E-state index contributed by atoms with van der Waals surface area (Å²) in [5, 5.41) is 0. The summed E-state index contributed by atoms with van der Waals surface area (Å²) < 4.78 is 0. The maximum atomic E-state index is 3.64. The lowest BCUT2D eigenvalue weighted by atomic mass is 10.1. The molecule has 0 aliphatic rings. The molecule has 0 aromatic heterocycles. The normalized spacial score (nSPS) is 9.73. The van der Waals surface area contributed by atoms with Gasteiger partial charge in [0.15, 0.2) is 0 Å². The lowest BCUT2D eigenvalue weighted by Gasteiger charge is -2.12. The fourth-order valence-electron chi connectivity index (χ4n) is 1.23. The Morgan fingerprint density at radius 1 is 1.20 bits per heavy atom. The van der Waals surface area contributed by atoms with Crippen molar-refractivity contribution in [1.29, 1.82) is 0 Å². The first-order valence-corrected chi connectivity index (χ1v) is 4.78. The van der Waals surface area contributed by atoms with Crippen LogP contribution in [0.2, 0.25) is 0 Å². The highest BCUT2D eigenvalue weighted by atomic mass is 35.5. The molecule has 0 aliphatic heterocycles. The predicted molar refractivity (Wildman–Crippen MR) is 71.1 cm³/mol. The first kappa shape index (κ1) is 13.8. The van der Waals surface area contributed by atoms with Crippen LogP contribution in [0.25, 0.3) is 0 Å². The number of anilines is 1. The Hall–Kier alpha value is -1.21. The molecule has 0 saturated carbocycles. The Kier molecular flexibility index (Phi) is 6.56. The minimum Gasteiger partial charge on any atom is -0.378 e. The van der Waals surface area contributed by atoms with Crippen molar-refractivity contribution in [3.8, 4) is 0 Å². The molecule has 0 N–H and O–H groups in total. The van der Waals surface area contributed by atoms with Crippen molar-refractivity contribution >= 4 is 18.1 Å². The van der Waals surface area contributed by atoms with Crippen LogP contribution in [0.4, 0.5) is 5.69 Å². The Morgan fingerprint density at radius 3 is 2.27 bits per heavy atom. The summed E-state index contributed by atoms with van der Waals surface area (Å²) >= 11 is 0. The summed E-state index contributed by atoms with van der Waals surface area (Å²) in [6.45, 7) is 3.64. The first-order valence-electron chi connectivity index (χ1n) is 4.78. The third-order valence-corrected chi connectivity index (χ3v) is 2.08. The number of allylic oxidation sites excluding steroid dienone is 3. The number of benzene rings is 1. The summed E-state index contributed by atoms with van der Waals surface area (Å²) in [5.41, 5.74) is 2.56. The van der Waals surface area contributed by atoms with Crippen molar-refractivity contribution < 1.29 is 0 Å². The highest BCUT2D eigenvalue weighted by molar-refractivity contribution is 5.85. The molecule has 0 unspecified atom stereocenters. The van der Waals surface area contributed by atoms with Gasteiger partial charge in [-0.05, 0) is 24.1 Å². The highest BCUT2D eigenvalue weighted by Crippen LogP contribution is 2.12. The Bertz CT molecular complexity index is 312. The lowest BCUT2D eigenvalue weighted by molar-refractivity contribution is 1.12. The van der Waals surface area contributed by atoms with Gasteiger partial charge in [0, 0.05) is 19.8 Å². The van der Waals surface area contributed by atoms with Gasteiger partial charge in [-0.1, -0.05) is 36.9 Å². The van der Waals surface area contributed by atoms with Crippen molar-refractivity contribution in [3.05, 3.63) is 54.6 Å². The van der Waals surface area contributed by atoms with E-state index in [1.807, 2.05) is 20.2 Å². The minimum absolute atomic E-state index is 0. The molecule has 0 atom stereocenters. The zero-order valence-electron chi connectivity index (χ0n) is 9.31. The van der Waals surface area contributed by atoms with Gasteiger partial charge in [0.25, 0.3) is 0 Å². The molecule has 1 aromatic carbocycles. The summed E-state index contributed by atoms with van der Waals surface area (Å²) in [7, 11) is 4.10. The third-order valence-electron chi connectivity index (χ3n) is 2.08. The molecule has 1 nitrogen and oxygen atoms in total. The average molecular weight is 224 g/mol. The molecule has 1 aromatic rings. The molecular formula is C13H18ClN. The van der Waals surface area contributed by atoms with E-state index in [-0.39, 0.29) is 12.4 Å². The minimum atomic E-state index is 0. The van der Waals surface area contributed by atoms with Gasteiger partial charge in [-0.3, -0.25) is 0 Å². The zero-order chi connectivity index (χ0) is 10.4. The van der Waals surface area contributed by atoms with E-state index < -0.39 is 0 Å². The van der Waals surface area contributed by atoms with Crippen molar-refractivity contribution in [1.82, 2.24) is 0 Å². The average Bonchev–Trinajstić information content (AvgIpc) is 2.19. The van der Waals surface area contributed by atoms with Gasteiger partial charge in [-0.25, -0.2) is 0 Å². The smallest absolute Gasteiger partial charge is 0.0361 e. The fraction of sp³-hybridized carbons (Fsp3) is 0.231. The highest BCUT2D eigenvalue weighted by Gasteiger charge is 1.93. The fourth-order valence-corrected chi connectivity index (χ4v) is 1.23. The molecule has 82 valence electrons. The Balaban J connectivity index is 0.00000196. The maximum absolute atomic E-state index is 3.64. The van der Waals surface area contributed by atoms with Crippen LogP contribution in [0.3, 0.4) is 0 Å². The molecule has 0 fully saturated rings. The van der Waals surface area contributed by atoms with Crippen molar-refractivity contribution in [2.45, 2.75) is 6.42 Å². The number of rotatable bonds is 4. The molecule has 15 heavy (non-hydrogen) atoms. The number of nitrogens with zero attached hydrogens (tertiary/aromatic N) is 1. The van der Waals surface area contributed by atoms with Crippen LogP contribution in [-0.4, -0.2) is 14.1 Å². The second-order valence-electron chi connectivity index (χ2n) is 3.43. The van der Waals surface area contributed by atoms with Gasteiger partial charge >= 0.3 is 0 Å². The van der Waals surface area contributed by atoms with Crippen LogP contribution in [0.5, 0.6) is 0 Å². The standard InChI is InChI=1S/C13H17N.ClH/c1-4-5-6-7-12-8-10-13(11-9-12)14(2)3;/h4-6,8-11H,1,7H2,2-3H3;1H/b6-5+;. The van der Waals surface area contributed by atoms with E-state index in [1.165, 1.54) is 11.3 Å². The summed E-state index contributed by atoms with van der Waals surface area (Å²) in [4.78, 5) is 2.10. The Labute approximate surface area is 98.5 Å². The maximum Gasteiger partial charge on any atom is 0.0361 e. The van der Waals surface area contributed by atoms with E-state index in [4.69, 9.17) is 0 Å². The van der Waals surface area contributed by atoms with Gasteiger partial charge in [0.2, 0.25) is 0 Å². The van der Waals surface area contributed by atoms with Crippen LogP contribution in [0.1, 0.15) is 5.56 Å². The first-order chi connectivity index (χ1) is 6.74. The summed E-state index contributed by atoms with van der Waals surface area (Å²) in [5.74, 6) is 0. The molecule has 1 rings (SSSR count). The monoisotopic (exact) mass is 223 g/mol. The van der Waals surface area contributed by atoms with E-state index in [9.17, 15) is 0 Å². The third kappa shape index (κ3) is 4.71. The molecule has 0 spiro atoms. The topological polar surface area (TPSA) is 3.24 Å². The van der Waals surface area contributed by atoms with Gasteiger partial charge in [0.1, 0.15) is 0 Å². The number of hydrogen-bond donors (Lipinski definition) is 0. The van der Waals surface area contributed by atoms with Crippen LogP contribution in [0, 0.1) is 0 Å². The summed E-state index contributed by atoms with van der Waals surface area (Å²) in [6, 6.07) is 8.58. The van der Waals surface area contributed by atoms with E-state index in [0.29, 0.717) is 0 Å². The number of hydrogen-bond acceptors (Lipinski definition) is 1. The van der Waals surface area contributed by atoms with Crippen LogP contribution in [-0.2, 0) is 6.42 Å². The predicted octanol–water partition coefficient (Wildman–Crippen LogP) is 3.46. The molecule has 0 heterocycles. The van der Waals surface area contributed by atoms with Gasteiger partial charge < -0.3 is 4.90 Å². The van der Waals surface area contributed by atoms with E-state index in [2.05, 4.69) is 41.8 Å². The molecule has 0 aliphatic carbocycles. The van der Waals surface area contributed by atoms with E-state index in [0.717, 1.165) is 6.42 Å². The molecule has 0 radical (unpaired) electrons. The molecular weight excluding hydrogens is 206 g/mol. The number of halogens is 1. The molecule has 0 amide bonds. The van der Waals surface area contributed by atoms with Crippen molar-refractivity contribution in [2.75, 3.05) is 19.0 Å². The second kappa shape index (κ2) is 7.13. The molecule has 0 saturated heterocycles. The lowest BCUT2D eigenvalue weighted by Crippen LogP contribution is -2.08. The van der Waals surface area contributed by atoms with Crippen molar-refractivity contribution in [3.63, 3.8) is 0 Å². The van der Waals surface area contributed by atoms with E-state index in [1.54, 1.807) is 6.08 Å². The zero-order valence-corrected chi connectivity index (χ0v) is 10.1.